The third-order valence-corrected chi connectivity index (χ3v) is 4.68. The van der Waals surface area contributed by atoms with Gasteiger partial charge in [-0.2, -0.15) is 0 Å². The summed E-state index contributed by atoms with van der Waals surface area (Å²) in [6.07, 6.45) is 0.572. The van der Waals surface area contributed by atoms with Gasteiger partial charge < -0.3 is 9.80 Å². The largest absolute Gasteiger partial charge is 0.353 e. The number of anilines is 2. The maximum absolute atomic E-state index is 11.6. The van der Waals surface area contributed by atoms with E-state index in [1.165, 1.54) is 0 Å². The third kappa shape index (κ3) is 4.04. The van der Waals surface area contributed by atoms with E-state index < -0.39 is 10.0 Å². The summed E-state index contributed by atoms with van der Waals surface area (Å²) in [6.45, 7) is 5.62. The Hall–Kier alpha value is -1.41. The third-order valence-electron chi connectivity index (χ3n) is 3.21. The van der Waals surface area contributed by atoms with Crippen molar-refractivity contribution >= 4 is 21.7 Å². The first-order chi connectivity index (χ1) is 9.50. The first kappa shape index (κ1) is 15.0. The summed E-state index contributed by atoms with van der Waals surface area (Å²) in [4.78, 5) is 4.41. The number of rotatable bonds is 5. The molecule has 1 fully saturated rings. The van der Waals surface area contributed by atoms with Crippen molar-refractivity contribution in [1.29, 1.82) is 0 Å². The molecule has 0 aromatic carbocycles. The van der Waals surface area contributed by atoms with Crippen LogP contribution >= 0.6 is 0 Å². The molecule has 0 bridgehead atoms. The average Bonchev–Trinajstić information content (AvgIpc) is 2.40. The molecule has 0 radical (unpaired) electrons. The number of piperazine rings is 1. The van der Waals surface area contributed by atoms with Crippen molar-refractivity contribution in [3.05, 3.63) is 12.1 Å². The highest BCUT2D eigenvalue weighted by Gasteiger charge is 2.16. The molecule has 0 saturated carbocycles. The maximum atomic E-state index is 11.6. The van der Waals surface area contributed by atoms with Gasteiger partial charge in [0.15, 0.2) is 11.6 Å². The summed E-state index contributed by atoms with van der Waals surface area (Å²) < 4.78 is 25.7. The van der Waals surface area contributed by atoms with Gasteiger partial charge in [0, 0.05) is 26.2 Å². The fraction of sp³-hybridized carbons (Fsp3) is 0.667. The quantitative estimate of drug-likeness (QED) is 0.847. The van der Waals surface area contributed by atoms with Gasteiger partial charge in [-0.15, -0.1) is 10.2 Å². The zero-order chi connectivity index (χ0) is 14.6. The van der Waals surface area contributed by atoms with E-state index in [4.69, 9.17) is 0 Å². The van der Waals surface area contributed by atoms with Crippen LogP contribution in [0.4, 0.5) is 11.6 Å². The topological polar surface area (TPSA) is 78.4 Å². The molecule has 20 heavy (non-hydrogen) atoms. The van der Waals surface area contributed by atoms with Gasteiger partial charge in [0.25, 0.3) is 0 Å². The van der Waals surface area contributed by atoms with Crippen LogP contribution in [0.25, 0.3) is 0 Å². The van der Waals surface area contributed by atoms with Crippen molar-refractivity contribution in [1.82, 2.24) is 15.1 Å². The molecule has 0 spiro atoms. The zero-order valence-corrected chi connectivity index (χ0v) is 12.7. The lowest BCUT2D eigenvalue weighted by Gasteiger charge is -2.32. The number of nitrogens with one attached hydrogen (secondary N) is 1. The molecule has 7 nitrogen and oxygen atoms in total. The van der Waals surface area contributed by atoms with Crippen molar-refractivity contribution in [3.63, 3.8) is 0 Å². The summed E-state index contributed by atoms with van der Waals surface area (Å²) in [5.41, 5.74) is 0. The minimum absolute atomic E-state index is 0.0922. The Morgan fingerprint density at radius 1 is 1.20 bits per heavy atom. The highest BCUT2D eigenvalue weighted by Crippen LogP contribution is 2.14. The van der Waals surface area contributed by atoms with Crippen LogP contribution in [0.3, 0.4) is 0 Å². The van der Waals surface area contributed by atoms with E-state index in [0.717, 1.165) is 32.0 Å². The van der Waals surface area contributed by atoms with Crippen LogP contribution in [0.5, 0.6) is 0 Å². The predicted octanol–water partition coefficient (Wildman–Crippen LogP) is 0.380. The zero-order valence-electron chi connectivity index (χ0n) is 11.9. The summed E-state index contributed by atoms with van der Waals surface area (Å²) in [5.74, 6) is 1.15. The van der Waals surface area contributed by atoms with Crippen molar-refractivity contribution < 1.29 is 8.42 Å². The van der Waals surface area contributed by atoms with Gasteiger partial charge in [-0.3, -0.25) is 4.72 Å². The van der Waals surface area contributed by atoms with Crippen LogP contribution in [0.15, 0.2) is 12.1 Å². The van der Waals surface area contributed by atoms with Crippen LogP contribution in [0, 0.1) is 0 Å². The van der Waals surface area contributed by atoms with Gasteiger partial charge >= 0.3 is 0 Å². The van der Waals surface area contributed by atoms with Gasteiger partial charge in [0.05, 0.1) is 5.75 Å². The lowest BCUT2D eigenvalue weighted by molar-refractivity contribution is 0.312. The van der Waals surface area contributed by atoms with Gasteiger partial charge in [-0.25, -0.2) is 8.42 Å². The molecule has 0 atom stereocenters. The molecule has 1 aromatic heterocycles. The smallest absolute Gasteiger partial charge is 0.233 e. The van der Waals surface area contributed by atoms with E-state index in [2.05, 4.69) is 31.8 Å². The molecule has 2 rings (SSSR count). The molecule has 2 heterocycles. The predicted molar refractivity (Wildman–Crippen MR) is 79.4 cm³/mol. The lowest BCUT2D eigenvalue weighted by atomic mass is 10.3. The molecule has 0 unspecified atom stereocenters. The molecule has 1 aromatic rings. The van der Waals surface area contributed by atoms with Gasteiger partial charge in [0.1, 0.15) is 0 Å². The van der Waals surface area contributed by atoms with Crippen LogP contribution in [-0.2, 0) is 10.0 Å². The number of hydrogen-bond acceptors (Lipinski definition) is 6. The van der Waals surface area contributed by atoms with Crippen molar-refractivity contribution in [2.45, 2.75) is 13.3 Å². The molecule has 1 aliphatic rings. The van der Waals surface area contributed by atoms with Crippen LogP contribution in [-0.4, -0.2) is 62.5 Å². The summed E-state index contributed by atoms with van der Waals surface area (Å²) in [5, 5.41) is 8.05. The number of likely N-dealkylation sites (N-methyl/N-ethyl adjacent to an activating group) is 1. The van der Waals surface area contributed by atoms with E-state index in [0.29, 0.717) is 6.42 Å². The molecule has 1 aliphatic heterocycles. The Morgan fingerprint density at radius 2 is 1.90 bits per heavy atom. The Kier molecular flexibility index (Phi) is 4.77. The van der Waals surface area contributed by atoms with E-state index in [9.17, 15) is 8.42 Å². The molecular formula is C12H21N5O2S. The fourth-order valence-electron chi connectivity index (χ4n) is 2.06. The molecule has 1 N–H and O–H groups in total. The van der Waals surface area contributed by atoms with Crippen molar-refractivity contribution in [3.8, 4) is 0 Å². The minimum Gasteiger partial charge on any atom is -0.353 e. The van der Waals surface area contributed by atoms with Crippen molar-refractivity contribution in [2.75, 3.05) is 48.6 Å². The first-order valence-corrected chi connectivity index (χ1v) is 8.43. The highest BCUT2D eigenvalue weighted by molar-refractivity contribution is 7.92. The van der Waals surface area contributed by atoms with E-state index in [1.807, 2.05) is 13.0 Å². The number of aromatic nitrogens is 2. The molecule has 112 valence electrons. The van der Waals surface area contributed by atoms with E-state index in [-0.39, 0.29) is 11.6 Å². The number of hydrogen-bond donors (Lipinski definition) is 1. The van der Waals surface area contributed by atoms with E-state index in [1.54, 1.807) is 6.07 Å². The first-order valence-electron chi connectivity index (χ1n) is 6.78. The Labute approximate surface area is 120 Å². The Morgan fingerprint density at radius 3 is 2.45 bits per heavy atom. The average molecular weight is 299 g/mol. The van der Waals surface area contributed by atoms with Gasteiger partial charge in [-0.05, 0) is 25.6 Å². The van der Waals surface area contributed by atoms with Crippen LogP contribution in [0.1, 0.15) is 13.3 Å². The minimum atomic E-state index is -3.30. The maximum Gasteiger partial charge on any atom is 0.233 e. The second kappa shape index (κ2) is 6.36. The van der Waals surface area contributed by atoms with Gasteiger partial charge in [-0.1, -0.05) is 6.92 Å². The molecule has 0 amide bonds. The molecular weight excluding hydrogens is 278 g/mol. The summed E-state index contributed by atoms with van der Waals surface area (Å²) >= 11 is 0. The highest BCUT2D eigenvalue weighted by atomic mass is 32.2. The number of nitrogens with zero attached hydrogens (tertiary/aromatic N) is 4. The Balaban J connectivity index is 1.99. The van der Waals surface area contributed by atoms with Gasteiger partial charge in [0.2, 0.25) is 10.0 Å². The molecule has 0 aliphatic carbocycles. The molecule has 8 heteroatoms. The molecule has 1 saturated heterocycles. The second-order valence-corrected chi connectivity index (χ2v) is 6.83. The van der Waals surface area contributed by atoms with Crippen LogP contribution < -0.4 is 9.62 Å². The van der Waals surface area contributed by atoms with Crippen molar-refractivity contribution in [2.24, 2.45) is 0 Å². The SMILES string of the molecule is CCCS(=O)(=O)Nc1ccc(N2CCN(C)CC2)nn1. The van der Waals surface area contributed by atoms with Crippen LogP contribution in [0.2, 0.25) is 0 Å². The van der Waals surface area contributed by atoms with E-state index >= 15 is 0 Å². The lowest BCUT2D eigenvalue weighted by Crippen LogP contribution is -2.44. The number of sulfonamides is 1. The standard InChI is InChI=1S/C12H21N5O2S/c1-3-10-20(18,19)15-11-4-5-12(14-13-11)17-8-6-16(2)7-9-17/h4-5H,3,6-10H2,1-2H3,(H,13,15). The summed E-state index contributed by atoms with van der Waals surface area (Å²) in [6, 6.07) is 3.47. The second-order valence-electron chi connectivity index (χ2n) is 4.99. The fourth-order valence-corrected chi connectivity index (χ4v) is 3.13. The normalized spacial score (nSPS) is 17.2. The monoisotopic (exact) mass is 299 g/mol. The Bertz CT molecular complexity index is 523. The summed E-state index contributed by atoms with van der Waals surface area (Å²) in [7, 11) is -1.21.